The number of nitrogens with zero attached hydrogens (tertiary/aromatic N) is 3. The molecule has 0 bridgehead atoms. The van der Waals surface area contributed by atoms with Gasteiger partial charge >= 0.3 is 0 Å². The van der Waals surface area contributed by atoms with E-state index in [1.54, 1.807) is 22.6 Å². The van der Waals surface area contributed by atoms with Crippen LogP contribution >= 0.6 is 11.6 Å². The third-order valence-corrected chi connectivity index (χ3v) is 4.99. The van der Waals surface area contributed by atoms with E-state index in [4.69, 9.17) is 16.6 Å². The van der Waals surface area contributed by atoms with Gasteiger partial charge in [0.25, 0.3) is 5.56 Å². The number of rotatable bonds is 9. The monoisotopic (exact) mass is 377 g/mol. The van der Waals surface area contributed by atoms with Crippen LogP contribution in [0.5, 0.6) is 0 Å². The van der Waals surface area contributed by atoms with Gasteiger partial charge in [-0.3, -0.25) is 14.2 Å². The molecule has 0 aliphatic carbocycles. The Hall–Kier alpha value is -1.88. The fourth-order valence-electron chi connectivity index (χ4n) is 3.32. The zero-order valence-electron chi connectivity index (χ0n) is 15.9. The van der Waals surface area contributed by atoms with Crippen molar-refractivity contribution in [3.8, 4) is 0 Å². The Balaban J connectivity index is 2.43. The predicted octanol–water partition coefficient (Wildman–Crippen LogP) is 4.03. The number of benzene rings is 1. The van der Waals surface area contributed by atoms with Gasteiger partial charge < -0.3 is 4.90 Å². The lowest BCUT2D eigenvalue weighted by atomic mass is 10.1. The lowest BCUT2D eigenvalue weighted by Crippen LogP contribution is -2.39. The van der Waals surface area contributed by atoms with Crippen LogP contribution in [-0.4, -0.2) is 32.8 Å². The number of halogens is 1. The molecule has 26 heavy (non-hydrogen) atoms. The van der Waals surface area contributed by atoms with Crippen molar-refractivity contribution in [3.05, 3.63) is 40.4 Å². The number of fused-ring (bicyclic) bond motifs is 1. The largest absolute Gasteiger partial charge is 0.331 e. The summed E-state index contributed by atoms with van der Waals surface area (Å²) in [6.45, 7) is 4.80. The van der Waals surface area contributed by atoms with E-state index in [0.29, 0.717) is 29.7 Å². The number of hydrogen-bond acceptors (Lipinski definition) is 3. The van der Waals surface area contributed by atoms with Crippen molar-refractivity contribution in [2.75, 3.05) is 12.4 Å². The molecule has 2 aromatic rings. The van der Waals surface area contributed by atoms with E-state index in [1.807, 2.05) is 25.1 Å². The van der Waals surface area contributed by atoms with Gasteiger partial charge in [0.1, 0.15) is 11.7 Å². The van der Waals surface area contributed by atoms with Gasteiger partial charge in [-0.1, -0.05) is 45.2 Å². The first-order valence-corrected chi connectivity index (χ1v) is 9.89. The van der Waals surface area contributed by atoms with E-state index in [0.717, 1.165) is 25.7 Å². The van der Waals surface area contributed by atoms with E-state index < -0.39 is 0 Å². The molecule has 0 radical (unpaired) electrons. The molecule has 0 fully saturated rings. The van der Waals surface area contributed by atoms with Crippen molar-refractivity contribution in [2.24, 2.45) is 7.05 Å². The molecule has 1 heterocycles. The van der Waals surface area contributed by atoms with Crippen LogP contribution < -0.4 is 5.56 Å². The molecule has 0 aliphatic rings. The number of carbonyl (C=O) groups is 1. The average Bonchev–Trinajstić information content (AvgIpc) is 2.67. The summed E-state index contributed by atoms with van der Waals surface area (Å²) in [6.07, 6.45) is 4.96. The quantitative estimate of drug-likeness (QED) is 0.489. The summed E-state index contributed by atoms with van der Waals surface area (Å²) in [5, 5.41) is 0.590. The van der Waals surface area contributed by atoms with E-state index in [1.165, 1.54) is 0 Å². The molecule has 0 spiro atoms. The van der Waals surface area contributed by atoms with Gasteiger partial charge in [0.15, 0.2) is 0 Å². The Morgan fingerprint density at radius 3 is 2.62 bits per heavy atom. The Morgan fingerprint density at radius 1 is 1.23 bits per heavy atom. The van der Waals surface area contributed by atoms with Crippen LogP contribution in [0, 0.1) is 0 Å². The number of unbranched alkanes of at least 4 members (excludes halogenated alkanes) is 3. The summed E-state index contributed by atoms with van der Waals surface area (Å²) >= 11 is 5.86. The Morgan fingerprint density at radius 2 is 1.96 bits per heavy atom. The molecular weight excluding hydrogens is 350 g/mol. The van der Waals surface area contributed by atoms with Gasteiger partial charge in [-0.05, 0) is 25.0 Å². The van der Waals surface area contributed by atoms with Crippen LogP contribution in [-0.2, 0) is 11.8 Å². The first-order valence-electron chi connectivity index (χ1n) is 9.36. The van der Waals surface area contributed by atoms with Gasteiger partial charge in [0.05, 0.1) is 16.9 Å². The minimum atomic E-state index is -0.259. The number of amides is 1. The third kappa shape index (κ3) is 4.44. The first kappa shape index (κ1) is 20.4. The number of para-hydroxylation sites is 1. The third-order valence-electron chi connectivity index (χ3n) is 4.77. The molecule has 0 saturated carbocycles. The van der Waals surface area contributed by atoms with E-state index in [-0.39, 0.29) is 23.4 Å². The highest BCUT2D eigenvalue weighted by molar-refractivity contribution is 6.27. The molecule has 0 N–H and O–H groups in total. The van der Waals surface area contributed by atoms with Crippen LogP contribution in [0.4, 0.5) is 0 Å². The maximum atomic E-state index is 12.7. The van der Waals surface area contributed by atoms with Gasteiger partial charge in [-0.15, -0.1) is 11.6 Å². The molecule has 1 amide bonds. The molecular formula is C20H28ClN3O2. The van der Waals surface area contributed by atoms with Crippen molar-refractivity contribution >= 4 is 28.4 Å². The lowest BCUT2D eigenvalue weighted by Gasteiger charge is -2.31. The smallest absolute Gasteiger partial charge is 0.261 e. The summed E-state index contributed by atoms with van der Waals surface area (Å²) in [7, 11) is 1.72. The second-order valence-corrected chi connectivity index (χ2v) is 6.82. The summed E-state index contributed by atoms with van der Waals surface area (Å²) in [6, 6.07) is 7.06. The number of alkyl halides is 1. The minimum absolute atomic E-state index is 0.0637. The highest BCUT2D eigenvalue weighted by Crippen LogP contribution is 2.24. The van der Waals surface area contributed by atoms with Gasteiger partial charge in [-0.2, -0.15) is 0 Å². The fourth-order valence-corrected chi connectivity index (χ4v) is 3.47. The zero-order valence-corrected chi connectivity index (χ0v) is 16.6. The lowest BCUT2D eigenvalue weighted by molar-refractivity contribution is -0.131. The molecule has 0 aliphatic heterocycles. The summed E-state index contributed by atoms with van der Waals surface area (Å²) in [4.78, 5) is 31.7. The molecule has 1 aromatic carbocycles. The number of hydrogen-bond donors (Lipinski definition) is 0. The SMILES string of the molecule is CCCCCCN(C(=O)CCl)C(CC)c1nc2ccccc2c(=O)n1C. The van der Waals surface area contributed by atoms with Gasteiger partial charge in [0.2, 0.25) is 5.91 Å². The van der Waals surface area contributed by atoms with Crippen LogP contribution in [0.25, 0.3) is 10.9 Å². The Bertz CT molecular complexity index is 803. The Kier molecular flexibility index (Phi) is 7.64. The maximum absolute atomic E-state index is 12.7. The van der Waals surface area contributed by atoms with Gasteiger partial charge in [0, 0.05) is 13.6 Å². The van der Waals surface area contributed by atoms with E-state index in [9.17, 15) is 9.59 Å². The van der Waals surface area contributed by atoms with Crippen molar-refractivity contribution < 1.29 is 4.79 Å². The van der Waals surface area contributed by atoms with Crippen molar-refractivity contribution in [1.29, 1.82) is 0 Å². The second-order valence-electron chi connectivity index (χ2n) is 6.56. The molecule has 142 valence electrons. The fraction of sp³-hybridized carbons (Fsp3) is 0.550. The average molecular weight is 378 g/mol. The highest BCUT2D eigenvalue weighted by atomic mass is 35.5. The van der Waals surface area contributed by atoms with Crippen molar-refractivity contribution in [1.82, 2.24) is 14.5 Å². The number of aromatic nitrogens is 2. The first-order chi connectivity index (χ1) is 12.5. The minimum Gasteiger partial charge on any atom is -0.331 e. The molecule has 1 unspecified atom stereocenters. The molecule has 6 heteroatoms. The molecule has 2 rings (SSSR count). The maximum Gasteiger partial charge on any atom is 0.261 e. The predicted molar refractivity (Wildman–Crippen MR) is 107 cm³/mol. The van der Waals surface area contributed by atoms with Crippen LogP contribution in [0.2, 0.25) is 0 Å². The molecule has 5 nitrogen and oxygen atoms in total. The highest BCUT2D eigenvalue weighted by Gasteiger charge is 2.26. The topological polar surface area (TPSA) is 55.2 Å². The standard InChI is InChI=1S/C20H28ClN3O2/c1-4-6-7-10-13-24(18(25)14-21)17(5-2)19-22-16-12-9-8-11-15(16)20(26)23(19)3/h8-9,11-12,17H,4-7,10,13-14H2,1-3H3. The van der Waals surface area contributed by atoms with Crippen molar-refractivity contribution in [3.63, 3.8) is 0 Å². The molecule has 1 aromatic heterocycles. The molecule has 0 saturated heterocycles. The zero-order chi connectivity index (χ0) is 19.1. The van der Waals surface area contributed by atoms with Crippen molar-refractivity contribution in [2.45, 2.75) is 52.0 Å². The van der Waals surface area contributed by atoms with Crippen LogP contribution in [0.15, 0.2) is 29.1 Å². The number of carbonyl (C=O) groups excluding carboxylic acids is 1. The normalized spacial score (nSPS) is 12.3. The summed E-state index contributed by atoms with van der Waals surface area (Å²) in [5.41, 5.74) is 0.571. The summed E-state index contributed by atoms with van der Waals surface area (Å²) in [5.74, 6) is 0.439. The van der Waals surface area contributed by atoms with Gasteiger partial charge in [-0.25, -0.2) is 4.98 Å². The van der Waals surface area contributed by atoms with Crippen LogP contribution in [0.3, 0.4) is 0 Å². The molecule has 1 atom stereocenters. The Labute approximate surface area is 160 Å². The van der Waals surface area contributed by atoms with E-state index in [2.05, 4.69) is 6.92 Å². The second kappa shape index (κ2) is 9.72. The van der Waals surface area contributed by atoms with E-state index >= 15 is 0 Å². The summed E-state index contributed by atoms with van der Waals surface area (Å²) < 4.78 is 1.57. The van der Waals surface area contributed by atoms with Crippen LogP contribution in [0.1, 0.15) is 57.8 Å².